The van der Waals surface area contributed by atoms with Crippen molar-refractivity contribution in [1.82, 2.24) is 9.88 Å². The van der Waals surface area contributed by atoms with Gasteiger partial charge in [0.15, 0.2) is 0 Å². The van der Waals surface area contributed by atoms with Gasteiger partial charge in [0.1, 0.15) is 5.82 Å². The predicted molar refractivity (Wildman–Crippen MR) is 70.2 cm³/mol. The smallest absolute Gasteiger partial charge is 0.394 e. The van der Waals surface area contributed by atoms with Gasteiger partial charge in [-0.3, -0.25) is 10.1 Å². The molecule has 2 rings (SSSR count). The van der Waals surface area contributed by atoms with E-state index < -0.39 is 43.1 Å². The number of nitrogens with zero attached hydrogens (tertiary/aromatic N) is 2. The number of anilines is 1. The molecule has 120 valence electrons. The molecule has 0 unspecified atom stereocenters. The molecule has 9 heteroatoms. The maximum absolute atomic E-state index is 12.9. The molecule has 0 aromatic carbocycles. The number of carboxylic acid groups (broad SMARTS) is 1. The van der Waals surface area contributed by atoms with E-state index in [9.17, 15) is 22.8 Å². The van der Waals surface area contributed by atoms with Crippen LogP contribution in [0.25, 0.3) is 0 Å². The van der Waals surface area contributed by atoms with E-state index in [0.717, 1.165) is 10.5 Å². The fourth-order valence-electron chi connectivity index (χ4n) is 2.34. The molecular formula is C13H14F3N3O3. The van der Waals surface area contributed by atoms with Crippen molar-refractivity contribution >= 4 is 17.8 Å². The number of hydrogen-bond acceptors (Lipinski definition) is 3. The summed E-state index contributed by atoms with van der Waals surface area (Å²) in [6.45, 7) is 0.600. The molecule has 1 aromatic rings. The largest absolute Gasteiger partial charge is 0.481 e. The Morgan fingerprint density at radius 1 is 1.41 bits per heavy atom. The maximum Gasteiger partial charge on any atom is 0.394 e. The molecular weight excluding hydrogens is 303 g/mol. The summed E-state index contributed by atoms with van der Waals surface area (Å²) < 4.78 is 38.6. The van der Waals surface area contributed by atoms with Crippen LogP contribution in [0, 0.1) is 18.8 Å². The molecule has 0 saturated carbocycles. The van der Waals surface area contributed by atoms with Gasteiger partial charge in [0, 0.05) is 19.3 Å². The third kappa shape index (κ3) is 3.46. The van der Waals surface area contributed by atoms with Gasteiger partial charge in [-0.15, -0.1) is 0 Å². The summed E-state index contributed by atoms with van der Waals surface area (Å²) in [4.78, 5) is 27.7. The highest BCUT2D eigenvalue weighted by molar-refractivity contribution is 5.89. The van der Waals surface area contributed by atoms with E-state index in [-0.39, 0.29) is 5.82 Å². The summed E-state index contributed by atoms with van der Waals surface area (Å²) in [7, 11) is 0. The zero-order valence-corrected chi connectivity index (χ0v) is 11.6. The summed E-state index contributed by atoms with van der Waals surface area (Å²) >= 11 is 0. The highest BCUT2D eigenvalue weighted by Crippen LogP contribution is 2.37. The number of aliphatic carboxylic acids is 1. The van der Waals surface area contributed by atoms with Crippen LogP contribution >= 0.6 is 0 Å². The van der Waals surface area contributed by atoms with Crippen molar-refractivity contribution in [2.45, 2.75) is 13.1 Å². The van der Waals surface area contributed by atoms with Gasteiger partial charge in [0.25, 0.3) is 0 Å². The quantitative estimate of drug-likeness (QED) is 0.875. The lowest BCUT2D eigenvalue weighted by atomic mass is 9.96. The first-order valence-corrected chi connectivity index (χ1v) is 6.46. The number of pyridine rings is 1. The number of hydrogen-bond donors (Lipinski definition) is 2. The predicted octanol–water partition coefficient (Wildman–Crippen LogP) is 2.12. The van der Waals surface area contributed by atoms with Crippen LogP contribution in [0.1, 0.15) is 5.56 Å². The maximum atomic E-state index is 12.9. The SMILES string of the molecule is Cc1ccnc(NC(=O)N2C[C@@H](C(F)(F)F)[C@H](C(=O)O)C2)c1. The van der Waals surface area contributed by atoms with Crippen molar-refractivity contribution < 1.29 is 27.9 Å². The number of aryl methyl sites for hydroxylation is 1. The average molecular weight is 317 g/mol. The molecule has 0 radical (unpaired) electrons. The van der Waals surface area contributed by atoms with Crippen molar-refractivity contribution in [2.75, 3.05) is 18.4 Å². The summed E-state index contributed by atoms with van der Waals surface area (Å²) in [6, 6.07) is 2.46. The van der Waals surface area contributed by atoms with Crippen molar-refractivity contribution in [1.29, 1.82) is 0 Å². The number of alkyl halides is 3. The van der Waals surface area contributed by atoms with E-state index in [2.05, 4.69) is 10.3 Å². The second-order valence-electron chi connectivity index (χ2n) is 5.15. The Hall–Kier alpha value is -2.32. The number of carboxylic acids is 1. The highest BCUT2D eigenvalue weighted by Gasteiger charge is 2.53. The normalized spacial score (nSPS) is 21.7. The Morgan fingerprint density at radius 3 is 2.59 bits per heavy atom. The minimum atomic E-state index is -4.67. The van der Waals surface area contributed by atoms with Crippen molar-refractivity contribution in [3.05, 3.63) is 23.9 Å². The molecule has 1 saturated heterocycles. The third-order valence-electron chi connectivity index (χ3n) is 3.50. The first kappa shape index (κ1) is 16.1. The number of likely N-dealkylation sites (tertiary alicyclic amines) is 1. The number of amides is 2. The van der Waals surface area contributed by atoms with Gasteiger partial charge in [-0.05, 0) is 24.6 Å². The Labute approximate surface area is 123 Å². The highest BCUT2D eigenvalue weighted by atomic mass is 19.4. The molecule has 22 heavy (non-hydrogen) atoms. The van der Waals surface area contributed by atoms with Crippen LogP contribution in [0.5, 0.6) is 0 Å². The number of carbonyl (C=O) groups excluding carboxylic acids is 1. The summed E-state index contributed by atoms with van der Waals surface area (Å²) in [5.41, 5.74) is 0.823. The molecule has 2 heterocycles. The van der Waals surface area contributed by atoms with Crippen LogP contribution in [0.4, 0.5) is 23.8 Å². The lowest BCUT2D eigenvalue weighted by molar-refractivity contribution is -0.187. The second-order valence-corrected chi connectivity index (χ2v) is 5.15. The first-order valence-electron chi connectivity index (χ1n) is 6.46. The van der Waals surface area contributed by atoms with Gasteiger partial charge in [-0.1, -0.05) is 0 Å². The number of carbonyl (C=O) groups is 2. The Bertz CT molecular complexity index is 591. The van der Waals surface area contributed by atoms with Crippen LogP contribution in [-0.2, 0) is 4.79 Å². The van der Waals surface area contributed by atoms with E-state index in [0.29, 0.717) is 0 Å². The van der Waals surface area contributed by atoms with Gasteiger partial charge in [0.2, 0.25) is 0 Å². The zero-order valence-electron chi connectivity index (χ0n) is 11.6. The molecule has 0 bridgehead atoms. The van der Waals surface area contributed by atoms with Crippen LogP contribution < -0.4 is 5.32 Å². The van der Waals surface area contributed by atoms with E-state index in [1.165, 1.54) is 6.20 Å². The van der Waals surface area contributed by atoms with Crippen molar-refractivity contribution in [3.8, 4) is 0 Å². The van der Waals surface area contributed by atoms with Crippen LogP contribution in [-0.4, -0.2) is 46.3 Å². The number of urea groups is 1. The minimum absolute atomic E-state index is 0.201. The average Bonchev–Trinajstić information content (AvgIpc) is 2.83. The monoisotopic (exact) mass is 317 g/mol. The fourth-order valence-corrected chi connectivity index (χ4v) is 2.34. The molecule has 1 fully saturated rings. The van der Waals surface area contributed by atoms with Crippen molar-refractivity contribution in [3.63, 3.8) is 0 Å². The summed E-state index contributed by atoms with van der Waals surface area (Å²) in [5, 5.41) is 11.3. The van der Waals surface area contributed by atoms with E-state index in [4.69, 9.17) is 5.11 Å². The van der Waals surface area contributed by atoms with Crippen LogP contribution in [0.3, 0.4) is 0 Å². The number of rotatable bonds is 2. The molecule has 1 aromatic heterocycles. The fraction of sp³-hybridized carbons (Fsp3) is 0.462. The van der Waals surface area contributed by atoms with Gasteiger partial charge < -0.3 is 10.0 Å². The zero-order chi connectivity index (χ0) is 16.5. The van der Waals surface area contributed by atoms with Crippen molar-refractivity contribution in [2.24, 2.45) is 11.8 Å². The number of halogens is 3. The Balaban J connectivity index is 2.10. The van der Waals surface area contributed by atoms with E-state index in [1.54, 1.807) is 19.1 Å². The van der Waals surface area contributed by atoms with E-state index in [1.807, 2.05) is 0 Å². The Morgan fingerprint density at radius 2 is 2.09 bits per heavy atom. The van der Waals surface area contributed by atoms with Gasteiger partial charge in [-0.25, -0.2) is 9.78 Å². The van der Waals surface area contributed by atoms with E-state index >= 15 is 0 Å². The summed E-state index contributed by atoms with van der Waals surface area (Å²) in [5.74, 6) is -5.09. The second kappa shape index (κ2) is 5.82. The number of aromatic nitrogens is 1. The molecule has 6 nitrogen and oxygen atoms in total. The van der Waals surface area contributed by atoms with Crippen LogP contribution in [0.15, 0.2) is 18.3 Å². The third-order valence-corrected chi connectivity index (χ3v) is 3.50. The molecule has 1 aliphatic rings. The van der Waals surface area contributed by atoms with Gasteiger partial charge in [-0.2, -0.15) is 13.2 Å². The summed E-state index contributed by atoms with van der Waals surface area (Å²) in [6.07, 6.45) is -3.22. The standard InChI is InChI=1S/C13H14F3N3O3/c1-7-2-3-17-10(4-7)18-12(22)19-5-8(11(20)21)9(6-19)13(14,15)16/h2-4,8-9H,5-6H2,1H3,(H,20,21)(H,17,18,22)/t8-,9-/m1/s1. The van der Waals surface area contributed by atoms with Crippen LogP contribution in [0.2, 0.25) is 0 Å². The van der Waals surface area contributed by atoms with Gasteiger partial charge in [0.05, 0.1) is 11.8 Å². The van der Waals surface area contributed by atoms with Gasteiger partial charge >= 0.3 is 18.2 Å². The molecule has 0 aliphatic carbocycles. The number of nitrogens with one attached hydrogen (secondary N) is 1. The molecule has 2 N–H and O–H groups in total. The lowest BCUT2D eigenvalue weighted by Crippen LogP contribution is -2.35. The minimum Gasteiger partial charge on any atom is -0.481 e. The molecule has 0 spiro atoms. The molecule has 2 atom stereocenters. The topological polar surface area (TPSA) is 82.5 Å². The molecule has 2 amide bonds. The Kier molecular flexibility index (Phi) is 4.25. The molecule has 1 aliphatic heterocycles. The first-order chi connectivity index (χ1) is 10.2. The lowest BCUT2D eigenvalue weighted by Gasteiger charge is -2.18.